The number of nitriles is 1. The Kier molecular flexibility index (Phi) is 35.0. The number of halogens is 1. The molecule has 0 unspecified atom stereocenters. The predicted octanol–water partition coefficient (Wildman–Crippen LogP) is -1.69. The molecule has 13 heteroatoms. The molecule has 3 aromatic rings. The molecule has 0 amide bonds. The van der Waals surface area contributed by atoms with Gasteiger partial charge in [-0.1, -0.05) is 74.0 Å². The van der Waals surface area contributed by atoms with Crippen molar-refractivity contribution in [2.45, 2.75) is 74.8 Å². The zero-order valence-corrected chi connectivity index (χ0v) is 45.6. The van der Waals surface area contributed by atoms with Crippen molar-refractivity contribution in [2.75, 3.05) is 18.5 Å². The van der Waals surface area contributed by atoms with Crippen LogP contribution in [-0.4, -0.2) is 41.5 Å². The molecule has 0 atom stereocenters. The van der Waals surface area contributed by atoms with Crippen molar-refractivity contribution in [3.8, 4) is 6.07 Å². The van der Waals surface area contributed by atoms with Crippen molar-refractivity contribution in [3.63, 3.8) is 0 Å². The summed E-state index contributed by atoms with van der Waals surface area (Å²) >= 11 is 3.35. The number of aromatic nitrogens is 1. The van der Waals surface area contributed by atoms with Crippen LogP contribution < -0.4 is 159 Å². The van der Waals surface area contributed by atoms with Crippen LogP contribution in [0.1, 0.15) is 78.8 Å². The van der Waals surface area contributed by atoms with E-state index in [4.69, 9.17) is 24.8 Å². The van der Waals surface area contributed by atoms with E-state index in [0.717, 1.165) is 51.4 Å². The van der Waals surface area contributed by atoms with Gasteiger partial charge in [-0.2, -0.15) is 5.26 Å². The fourth-order valence-corrected chi connectivity index (χ4v) is 5.34. The number of carbonyl (C=O) groups is 3. The van der Waals surface area contributed by atoms with Crippen molar-refractivity contribution in [1.82, 2.24) is 4.57 Å². The molecule has 0 spiro atoms. The summed E-state index contributed by atoms with van der Waals surface area (Å²) in [6.45, 7) is 21.3. The van der Waals surface area contributed by atoms with E-state index in [-0.39, 0.29) is 158 Å². The van der Waals surface area contributed by atoms with Gasteiger partial charge in [-0.15, -0.1) is 0 Å². The summed E-state index contributed by atoms with van der Waals surface area (Å²) in [7, 11) is 0. The molecule has 1 aliphatic heterocycles. The van der Waals surface area contributed by atoms with Gasteiger partial charge in [0.15, 0.2) is 0 Å². The van der Waals surface area contributed by atoms with Crippen LogP contribution in [0.5, 0.6) is 0 Å². The molecule has 1 N–H and O–H groups in total. The van der Waals surface area contributed by atoms with Crippen LogP contribution in [-0.2, 0) is 30.5 Å². The SMILES string of the molecule is C=C1[NH+]=c2ccccc2=C1C(=O)OCC.CC#N.CC(C)CCBr.CCOC(=O)c1c(C)n(CCC(C)C)c2ccccc12.O=CO[O-].[Cs+].[Cs+].[H-]. The third-order valence-corrected chi connectivity index (χ3v) is 7.09. The Bertz CT molecular complexity index is 1640. The first-order valence-corrected chi connectivity index (χ1v) is 17.0. The Hall–Kier alpha value is -0.166. The molecule has 0 saturated heterocycles. The number of hydrogen-bond acceptors (Lipinski definition) is 8. The number of ether oxygens (including phenoxy) is 2. The number of fused-ring (bicyclic) bond motifs is 2. The standard InChI is InChI=1S/C17H23NO2.C12H11NO2.C5H11Br.C2H3N.CH2O3.2Cs.H/c1-5-20-17(19)16-13(4)18(11-10-12(2)3)15-9-7-6-8-14(15)16;1-3-15-12(14)11-8(2)13-10-7-5-4-6-9(10)11;1-5(2)3-4-6;1-2-3;2-1-4-3;;;/h6-9,12H,5,10-11H2,1-4H3;4-7H,2-3H2,1H3;5H,3-4H2,1-2H3;1H3;1,3H;;;/q;;;;;2*+1;-1. The zero-order chi connectivity index (χ0) is 36.6. The minimum Gasteiger partial charge on any atom is -1.00 e. The number of alkyl halides is 1. The monoisotopic (exact) mass is 994 g/mol. The molecule has 10 nitrogen and oxygen atoms in total. The van der Waals surface area contributed by atoms with Crippen LogP contribution in [0.4, 0.5) is 0 Å². The van der Waals surface area contributed by atoms with Gasteiger partial charge in [-0.3, -0.25) is 4.79 Å². The molecule has 0 aliphatic carbocycles. The number of para-hydroxylation sites is 2. The van der Waals surface area contributed by atoms with E-state index < -0.39 is 0 Å². The number of nitrogens with zero attached hydrogens (tertiary/aromatic N) is 2. The minimum atomic E-state index is -0.319. The van der Waals surface area contributed by atoms with Gasteiger partial charge in [0, 0.05) is 41.5 Å². The van der Waals surface area contributed by atoms with Gasteiger partial charge in [0.05, 0.1) is 30.1 Å². The molecule has 2 heterocycles. The molecule has 50 heavy (non-hydrogen) atoms. The average molecular weight is 996 g/mol. The van der Waals surface area contributed by atoms with Crippen LogP contribution in [0.15, 0.2) is 60.8 Å². The van der Waals surface area contributed by atoms with E-state index in [2.05, 4.69) is 70.7 Å². The number of aryl methyl sites for hydroxylation is 1. The van der Waals surface area contributed by atoms with Crippen LogP contribution in [0, 0.1) is 30.1 Å². The molecular formula is C37H51BrCs2N3O7+. The van der Waals surface area contributed by atoms with E-state index in [0.29, 0.717) is 36.0 Å². The van der Waals surface area contributed by atoms with Gasteiger partial charge < -0.3 is 25.6 Å². The first kappa shape index (κ1) is 54.2. The van der Waals surface area contributed by atoms with Gasteiger partial charge in [0.2, 0.25) is 11.1 Å². The molecule has 1 aliphatic rings. The fourth-order valence-electron chi connectivity index (χ4n) is 4.42. The summed E-state index contributed by atoms with van der Waals surface area (Å²) in [6, 6.07) is 17.4. The molecule has 264 valence electrons. The Balaban J connectivity index is -0.000000315. The van der Waals surface area contributed by atoms with E-state index in [1.54, 1.807) is 13.0 Å². The third kappa shape index (κ3) is 19.8. The maximum absolute atomic E-state index is 12.2. The zero-order valence-electron chi connectivity index (χ0n) is 32.4. The Morgan fingerprint density at radius 1 is 1.00 bits per heavy atom. The Morgan fingerprint density at radius 3 is 1.98 bits per heavy atom. The molecule has 2 aromatic carbocycles. The Labute approximate surface area is 424 Å². The number of carbonyl (C=O) groups excluding carboxylic acids is 3. The van der Waals surface area contributed by atoms with E-state index in [1.807, 2.05) is 56.3 Å². The molecule has 1 aromatic heterocycles. The molecular weight excluding hydrogens is 944 g/mol. The number of benzene rings is 2. The summed E-state index contributed by atoms with van der Waals surface area (Å²) in [5.74, 6) is 0.954. The van der Waals surface area contributed by atoms with Crippen molar-refractivity contribution in [1.29, 1.82) is 5.26 Å². The van der Waals surface area contributed by atoms with Crippen LogP contribution in [0.2, 0.25) is 0 Å². The maximum atomic E-state index is 12.2. The van der Waals surface area contributed by atoms with E-state index in [9.17, 15) is 9.59 Å². The fraction of sp³-hybridized carbons (Fsp3) is 0.432. The number of nitrogens with one attached hydrogen (secondary N) is 1. The van der Waals surface area contributed by atoms with Crippen molar-refractivity contribution >= 4 is 50.8 Å². The first-order chi connectivity index (χ1) is 22.9. The van der Waals surface area contributed by atoms with Crippen molar-refractivity contribution < 1.29 is 178 Å². The third-order valence-electron chi connectivity index (χ3n) is 6.63. The normalized spacial score (nSPS) is 10.3. The van der Waals surface area contributed by atoms with Crippen LogP contribution >= 0.6 is 15.9 Å². The van der Waals surface area contributed by atoms with Gasteiger partial charge in [-0.25, -0.2) is 14.6 Å². The number of rotatable bonds is 10. The molecule has 0 bridgehead atoms. The second-order valence-electron chi connectivity index (χ2n) is 11.1. The summed E-state index contributed by atoms with van der Waals surface area (Å²) in [4.78, 5) is 38.2. The summed E-state index contributed by atoms with van der Waals surface area (Å²) in [5.41, 5.74) is 3.98. The predicted molar refractivity (Wildman–Crippen MR) is 190 cm³/mol. The number of esters is 2. The molecule has 0 saturated carbocycles. The molecule has 0 fully saturated rings. The summed E-state index contributed by atoms with van der Waals surface area (Å²) in [5, 5.41) is 19.7. The largest absolute Gasteiger partial charge is 1.00 e. The number of hydrogen-bond donors (Lipinski definition) is 1. The van der Waals surface area contributed by atoms with Crippen LogP contribution in [0.25, 0.3) is 16.5 Å². The molecule has 4 rings (SSSR count). The second kappa shape index (κ2) is 32.3. The first-order valence-electron chi connectivity index (χ1n) is 15.8. The minimum absolute atomic E-state index is 0. The quantitative estimate of drug-likeness (QED) is 0.0835. The summed E-state index contributed by atoms with van der Waals surface area (Å²) < 4.78 is 12.4. The summed E-state index contributed by atoms with van der Waals surface area (Å²) in [6.07, 6.45) is 2.39. The second-order valence-corrected chi connectivity index (χ2v) is 11.9. The topological polar surface area (TPSA) is 145 Å². The smallest absolute Gasteiger partial charge is 1.00 e. The average Bonchev–Trinajstić information content (AvgIpc) is 3.53. The maximum Gasteiger partial charge on any atom is 1.00 e. The van der Waals surface area contributed by atoms with Crippen molar-refractivity contribution in [3.05, 3.63) is 82.6 Å². The molecule has 0 radical (unpaired) electrons. The van der Waals surface area contributed by atoms with Gasteiger partial charge in [0.25, 0.3) is 6.47 Å². The van der Waals surface area contributed by atoms with Gasteiger partial charge >= 0.3 is 150 Å². The van der Waals surface area contributed by atoms with Gasteiger partial charge in [-0.05, 0) is 64.2 Å². The van der Waals surface area contributed by atoms with Crippen molar-refractivity contribution in [2.24, 2.45) is 11.8 Å². The Morgan fingerprint density at radius 2 is 1.50 bits per heavy atom. The van der Waals surface area contributed by atoms with Crippen LogP contribution in [0.3, 0.4) is 0 Å². The van der Waals surface area contributed by atoms with E-state index >= 15 is 0 Å². The van der Waals surface area contributed by atoms with E-state index in [1.165, 1.54) is 13.3 Å². The van der Waals surface area contributed by atoms with Gasteiger partial charge in [0.1, 0.15) is 5.57 Å².